The Hall–Kier alpha value is -0.290. The highest BCUT2D eigenvalue weighted by Gasteiger charge is 2.06. The maximum atomic E-state index is 5.96. The van der Waals surface area contributed by atoms with E-state index in [1.807, 2.05) is 11.4 Å². The molecular formula is C9H5BrCl2N2S. The van der Waals surface area contributed by atoms with E-state index >= 15 is 0 Å². The van der Waals surface area contributed by atoms with Gasteiger partial charge in [0.25, 0.3) is 0 Å². The summed E-state index contributed by atoms with van der Waals surface area (Å²) in [4.78, 5) is 4.15. The van der Waals surface area contributed by atoms with Gasteiger partial charge in [-0.1, -0.05) is 23.2 Å². The molecule has 0 aliphatic carbocycles. The second-order valence-electron chi connectivity index (χ2n) is 2.72. The Morgan fingerprint density at radius 2 is 2.20 bits per heavy atom. The average Bonchev–Trinajstić information content (AvgIpc) is 2.57. The molecule has 0 aromatic carbocycles. The average molecular weight is 324 g/mol. The molecule has 0 spiro atoms. The van der Waals surface area contributed by atoms with Crippen molar-refractivity contribution in [2.45, 2.75) is 0 Å². The highest BCUT2D eigenvalue weighted by molar-refractivity contribution is 9.10. The molecule has 15 heavy (non-hydrogen) atoms. The van der Waals surface area contributed by atoms with E-state index in [0.29, 0.717) is 15.2 Å². The number of nitrogens with one attached hydrogen (secondary N) is 1. The molecule has 6 heteroatoms. The smallest absolute Gasteiger partial charge is 0.144 e. The van der Waals surface area contributed by atoms with Crippen LogP contribution in [-0.2, 0) is 0 Å². The topological polar surface area (TPSA) is 24.9 Å². The number of halogens is 3. The van der Waals surface area contributed by atoms with Crippen molar-refractivity contribution >= 4 is 62.0 Å². The molecule has 2 rings (SSSR count). The third kappa shape index (κ3) is 2.64. The summed E-state index contributed by atoms with van der Waals surface area (Å²) in [5.41, 5.74) is 0.845. The minimum Gasteiger partial charge on any atom is -0.337 e. The van der Waals surface area contributed by atoms with E-state index in [2.05, 4.69) is 26.2 Å². The van der Waals surface area contributed by atoms with Crippen molar-refractivity contribution in [2.75, 3.05) is 5.32 Å². The molecular weight excluding hydrogens is 319 g/mol. The molecule has 0 saturated heterocycles. The van der Waals surface area contributed by atoms with Gasteiger partial charge in [0.2, 0.25) is 0 Å². The monoisotopic (exact) mass is 322 g/mol. The van der Waals surface area contributed by atoms with Crippen LogP contribution in [0.5, 0.6) is 0 Å². The first-order chi connectivity index (χ1) is 7.16. The predicted octanol–water partition coefficient (Wildman–Crippen LogP) is 4.96. The highest BCUT2D eigenvalue weighted by Crippen LogP contribution is 2.32. The van der Waals surface area contributed by atoms with Crippen molar-refractivity contribution in [3.05, 3.63) is 37.5 Å². The summed E-state index contributed by atoms with van der Waals surface area (Å²) in [7, 11) is 0. The summed E-state index contributed by atoms with van der Waals surface area (Å²) in [6.45, 7) is 0. The number of anilines is 2. The van der Waals surface area contributed by atoms with E-state index < -0.39 is 0 Å². The van der Waals surface area contributed by atoms with Crippen LogP contribution in [0.3, 0.4) is 0 Å². The number of thiophene rings is 1. The third-order valence-electron chi connectivity index (χ3n) is 1.68. The molecule has 1 N–H and O–H groups in total. The second-order valence-corrected chi connectivity index (χ2v) is 5.53. The SMILES string of the molecule is Clc1cnc(Nc2ccsc2Cl)c(Br)c1. The van der Waals surface area contributed by atoms with Gasteiger partial charge in [-0.2, -0.15) is 0 Å². The van der Waals surface area contributed by atoms with Gasteiger partial charge < -0.3 is 5.32 Å². The standard InChI is InChI=1S/C9H5BrCl2N2S/c10-6-3-5(11)4-13-9(6)14-7-1-2-15-8(7)12/h1-4H,(H,13,14). The number of pyridine rings is 1. The lowest BCUT2D eigenvalue weighted by molar-refractivity contribution is 1.29. The minimum atomic E-state index is 0.587. The van der Waals surface area contributed by atoms with Crippen molar-refractivity contribution in [3.8, 4) is 0 Å². The van der Waals surface area contributed by atoms with Crippen molar-refractivity contribution in [1.82, 2.24) is 4.98 Å². The van der Waals surface area contributed by atoms with E-state index in [0.717, 1.165) is 10.2 Å². The molecule has 0 radical (unpaired) electrons. The first kappa shape index (κ1) is 11.2. The van der Waals surface area contributed by atoms with Crippen LogP contribution in [0, 0.1) is 0 Å². The lowest BCUT2D eigenvalue weighted by atomic mass is 10.4. The molecule has 0 saturated carbocycles. The number of hydrogen-bond donors (Lipinski definition) is 1. The molecule has 0 fully saturated rings. The van der Waals surface area contributed by atoms with Crippen LogP contribution in [0.4, 0.5) is 11.5 Å². The van der Waals surface area contributed by atoms with E-state index in [1.165, 1.54) is 11.3 Å². The van der Waals surface area contributed by atoms with Gasteiger partial charge in [0.05, 0.1) is 15.2 Å². The van der Waals surface area contributed by atoms with Gasteiger partial charge in [-0.25, -0.2) is 4.98 Å². The van der Waals surface area contributed by atoms with Crippen LogP contribution in [-0.4, -0.2) is 4.98 Å². The summed E-state index contributed by atoms with van der Waals surface area (Å²) in [6, 6.07) is 3.67. The van der Waals surface area contributed by atoms with E-state index in [9.17, 15) is 0 Å². The Bertz CT molecular complexity index is 487. The molecule has 0 bridgehead atoms. The molecule has 0 amide bonds. The molecule has 2 aromatic rings. The first-order valence-electron chi connectivity index (χ1n) is 3.98. The fourth-order valence-corrected chi connectivity index (χ4v) is 2.59. The quantitative estimate of drug-likeness (QED) is 0.845. The summed E-state index contributed by atoms with van der Waals surface area (Å²) in [5.74, 6) is 0.694. The zero-order valence-electron chi connectivity index (χ0n) is 7.30. The third-order valence-corrected chi connectivity index (χ3v) is 3.66. The fourth-order valence-electron chi connectivity index (χ4n) is 1.02. The second kappa shape index (κ2) is 4.70. The number of rotatable bonds is 2. The van der Waals surface area contributed by atoms with Crippen LogP contribution in [0.15, 0.2) is 28.2 Å². The van der Waals surface area contributed by atoms with Gasteiger partial charge in [0.15, 0.2) is 0 Å². The Kier molecular flexibility index (Phi) is 3.51. The Balaban J connectivity index is 2.29. The summed E-state index contributed by atoms with van der Waals surface area (Å²) in [5, 5.41) is 5.61. The first-order valence-corrected chi connectivity index (χ1v) is 6.41. The normalized spacial score (nSPS) is 10.3. The summed E-state index contributed by atoms with van der Waals surface area (Å²) in [6.07, 6.45) is 1.58. The van der Waals surface area contributed by atoms with Crippen LogP contribution >= 0.6 is 50.5 Å². The number of hydrogen-bond acceptors (Lipinski definition) is 3. The van der Waals surface area contributed by atoms with Gasteiger partial charge in [-0.3, -0.25) is 0 Å². The van der Waals surface area contributed by atoms with E-state index in [4.69, 9.17) is 23.2 Å². The van der Waals surface area contributed by atoms with Gasteiger partial charge in [0, 0.05) is 6.20 Å². The van der Waals surface area contributed by atoms with Gasteiger partial charge in [0.1, 0.15) is 10.2 Å². The number of aromatic nitrogens is 1. The van der Waals surface area contributed by atoms with Crippen molar-refractivity contribution in [1.29, 1.82) is 0 Å². The van der Waals surface area contributed by atoms with Crippen molar-refractivity contribution in [2.24, 2.45) is 0 Å². The van der Waals surface area contributed by atoms with E-state index in [1.54, 1.807) is 12.3 Å². The zero-order chi connectivity index (χ0) is 10.8. The largest absolute Gasteiger partial charge is 0.337 e. The maximum absolute atomic E-state index is 5.96. The van der Waals surface area contributed by atoms with Crippen LogP contribution in [0.1, 0.15) is 0 Å². The number of nitrogens with zero attached hydrogens (tertiary/aromatic N) is 1. The van der Waals surface area contributed by atoms with Gasteiger partial charge in [-0.05, 0) is 33.4 Å². The van der Waals surface area contributed by atoms with Gasteiger partial charge >= 0.3 is 0 Å². The Morgan fingerprint density at radius 1 is 1.40 bits per heavy atom. The van der Waals surface area contributed by atoms with E-state index in [-0.39, 0.29) is 0 Å². The molecule has 0 aliphatic heterocycles. The van der Waals surface area contributed by atoms with Crippen molar-refractivity contribution < 1.29 is 0 Å². The zero-order valence-corrected chi connectivity index (χ0v) is 11.2. The fraction of sp³-hybridized carbons (Fsp3) is 0. The molecule has 0 aliphatic rings. The summed E-state index contributed by atoms with van der Waals surface area (Å²) < 4.78 is 1.51. The molecule has 2 heterocycles. The highest BCUT2D eigenvalue weighted by atomic mass is 79.9. The lowest BCUT2D eigenvalue weighted by Gasteiger charge is -2.05. The van der Waals surface area contributed by atoms with Crippen molar-refractivity contribution in [3.63, 3.8) is 0 Å². The van der Waals surface area contributed by atoms with Crippen LogP contribution < -0.4 is 5.32 Å². The molecule has 0 unspecified atom stereocenters. The van der Waals surface area contributed by atoms with Crippen LogP contribution in [0.2, 0.25) is 9.36 Å². The summed E-state index contributed by atoms with van der Waals surface area (Å²) >= 11 is 16.6. The molecule has 0 atom stereocenters. The molecule has 78 valence electrons. The van der Waals surface area contributed by atoms with Crippen LogP contribution in [0.25, 0.3) is 0 Å². The Labute approximate surface area is 109 Å². The molecule has 2 aromatic heterocycles. The Morgan fingerprint density at radius 3 is 2.80 bits per heavy atom. The minimum absolute atomic E-state index is 0.587. The maximum Gasteiger partial charge on any atom is 0.144 e. The molecule has 2 nitrogen and oxygen atoms in total. The van der Waals surface area contributed by atoms with Gasteiger partial charge in [-0.15, -0.1) is 11.3 Å². The predicted molar refractivity (Wildman–Crippen MR) is 69.6 cm³/mol. The lowest BCUT2D eigenvalue weighted by Crippen LogP contribution is -1.93.